The highest BCUT2D eigenvalue weighted by molar-refractivity contribution is 5.05. The number of rotatable bonds is 23. The molecule has 0 radical (unpaired) electrons. The molecule has 32 heavy (non-hydrogen) atoms. The van der Waals surface area contributed by atoms with Crippen molar-refractivity contribution in [2.75, 3.05) is 13.2 Å². The summed E-state index contributed by atoms with van der Waals surface area (Å²) in [6, 6.07) is 0. The van der Waals surface area contributed by atoms with E-state index in [4.69, 9.17) is 4.74 Å². The highest BCUT2D eigenvalue weighted by atomic mass is 16.5. The molecule has 1 heteroatoms. The van der Waals surface area contributed by atoms with Gasteiger partial charge in [0.25, 0.3) is 0 Å². The summed E-state index contributed by atoms with van der Waals surface area (Å²) in [5.74, 6) is 0. The van der Waals surface area contributed by atoms with Gasteiger partial charge in [-0.15, -0.1) is 0 Å². The normalized spacial score (nSPS) is 12.4. The van der Waals surface area contributed by atoms with Crippen LogP contribution in [0.2, 0.25) is 0 Å². The lowest BCUT2D eigenvalue weighted by atomic mass is 10.0. The Balaban J connectivity index is 3.39. The van der Waals surface area contributed by atoms with E-state index in [1.54, 1.807) is 0 Å². The average Bonchev–Trinajstić information content (AvgIpc) is 2.75. The van der Waals surface area contributed by atoms with E-state index in [2.05, 4.69) is 52.8 Å². The molecule has 0 aromatic carbocycles. The minimum atomic E-state index is 0.785. The molecule has 0 aliphatic heterocycles. The molecule has 0 fully saturated rings. The Morgan fingerprint density at radius 2 is 0.969 bits per heavy atom. The summed E-state index contributed by atoms with van der Waals surface area (Å²) in [5, 5.41) is 0. The first-order valence-corrected chi connectivity index (χ1v) is 14.1. The second-order valence-corrected chi connectivity index (χ2v) is 10.1. The van der Waals surface area contributed by atoms with Crippen LogP contribution in [-0.2, 0) is 4.74 Å². The zero-order valence-corrected chi connectivity index (χ0v) is 22.8. The molecule has 0 spiro atoms. The standard InChI is InChI=1S/C31H58O/c1-6-7-8-9-10-11-12-13-14-15-16-17-18-19-27-32-28-26-31(5)25-21-24-30(4)23-20-22-29(2)3/h22,24,26H,6-21,23,25,27-28H2,1-5H3. The predicted molar refractivity (Wildman–Crippen MR) is 147 cm³/mol. The zero-order valence-electron chi connectivity index (χ0n) is 22.8. The molecule has 0 saturated heterocycles. The maximum absolute atomic E-state index is 5.82. The summed E-state index contributed by atoms with van der Waals surface area (Å²) >= 11 is 0. The SMILES string of the molecule is CCCCCCCCCCCCCCCCOCC=C(C)CCC=C(C)CCC=C(C)C. The van der Waals surface area contributed by atoms with Crippen molar-refractivity contribution in [3.8, 4) is 0 Å². The Kier molecular flexibility index (Phi) is 24.2. The van der Waals surface area contributed by atoms with Crippen molar-refractivity contribution in [2.24, 2.45) is 0 Å². The Morgan fingerprint density at radius 3 is 1.47 bits per heavy atom. The van der Waals surface area contributed by atoms with Crippen LogP contribution in [0.5, 0.6) is 0 Å². The van der Waals surface area contributed by atoms with Gasteiger partial charge in [-0.2, -0.15) is 0 Å². The lowest BCUT2D eigenvalue weighted by Crippen LogP contribution is -1.95. The highest BCUT2D eigenvalue weighted by Crippen LogP contribution is 2.13. The van der Waals surface area contributed by atoms with Gasteiger partial charge >= 0.3 is 0 Å². The third kappa shape index (κ3) is 25.4. The summed E-state index contributed by atoms with van der Waals surface area (Å²) in [7, 11) is 0. The molecule has 0 aliphatic rings. The fourth-order valence-corrected chi connectivity index (χ4v) is 4.02. The monoisotopic (exact) mass is 446 g/mol. The summed E-state index contributed by atoms with van der Waals surface area (Å²) in [5.41, 5.74) is 4.40. The number of ether oxygens (including phenoxy) is 1. The van der Waals surface area contributed by atoms with Gasteiger partial charge in [-0.25, -0.2) is 0 Å². The molecule has 0 atom stereocenters. The number of hydrogen-bond donors (Lipinski definition) is 0. The van der Waals surface area contributed by atoms with Crippen molar-refractivity contribution >= 4 is 0 Å². The van der Waals surface area contributed by atoms with Crippen molar-refractivity contribution in [1.82, 2.24) is 0 Å². The number of hydrogen-bond acceptors (Lipinski definition) is 1. The first kappa shape index (κ1) is 31.2. The van der Waals surface area contributed by atoms with Gasteiger partial charge in [-0.3, -0.25) is 0 Å². The van der Waals surface area contributed by atoms with Gasteiger partial charge in [0, 0.05) is 6.61 Å². The van der Waals surface area contributed by atoms with Crippen LogP contribution >= 0.6 is 0 Å². The molecule has 0 heterocycles. The largest absolute Gasteiger partial charge is 0.377 e. The van der Waals surface area contributed by atoms with Crippen molar-refractivity contribution in [2.45, 2.75) is 150 Å². The van der Waals surface area contributed by atoms with Crippen molar-refractivity contribution in [1.29, 1.82) is 0 Å². The lowest BCUT2D eigenvalue weighted by molar-refractivity contribution is 0.156. The minimum absolute atomic E-state index is 0.785. The topological polar surface area (TPSA) is 9.23 Å². The summed E-state index contributed by atoms with van der Waals surface area (Å²) in [6.07, 6.45) is 31.4. The second kappa shape index (κ2) is 24.8. The van der Waals surface area contributed by atoms with E-state index in [0.717, 1.165) is 26.1 Å². The molecule has 0 N–H and O–H groups in total. The molecule has 0 unspecified atom stereocenters. The molecule has 0 bridgehead atoms. The molecule has 0 rings (SSSR count). The van der Waals surface area contributed by atoms with E-state index in [0.29, 0.717) is 0 Å². The molecule has 0 amide bonds. The van der Waals surface area contributed by atoms with Gasteiger partial charge in [0.15, 0.2) is 0 Å². The molecule has 0 aromatic rings. The quantitative estimate of drug-likeness (QED) is 0.112. The van der Waals surface area contributed by atoms with E-state index in [9.17, 15) is 0 Å². The molecule has 188 valence electrons. The van der Waals surface area contributed by atoms with Crippen LogP contribution in [0.1, 0.15) is 150 Å². The smallest absolute Gasteiger partial charge is 0.0649 e. The lowest BCUT2D eigenvalue weighted by Gasteiger charge is -2.04. The minimum Gasteiger partial charge on any atom is -0.377 e. The Morgan fingerprint density at radius 1 is 0.531 bits per heavy atom. The fourth-order valence-electron chi connectivity index (χ4n) is 4.02. The molecule has 0 saturated carbocycles. The first-order valence-electron chi connectivity index (χ1n) is 14.1. The van der Waals surface area contributed by atoms with Crippen LogP contribution in [0.4, 0.5) is 0 Å². The second-order valence-electron chi connectivity index (χ2n) is 10.1. The van der Waals surface area contributed by atoms with Gasteiger partial charge in [-0.05, 0) is 59.8 Å². The van der Waals surface area contributed by atoms with Crippen LogP contribution in [-0.4, -0.2) is 13.2 Å². The van der Waals surface area contributed by atoms with Gasteiger partial charge in [0.2, 0.25) is 0 Å². The maximum atomic E-state index is 5.82. The third-order valence-electron chi connectivity index (χ3n) is 6.31. The molecular weight excluding hydrogens is 388 g/mol. The van der Waals surface area contributed by atoms with Crippen molar-refractivity contribution in [3.63, 3.8) is 0 Å². The molecule has 0 aromatic heterocycles. The Labute approximate surface area is 203 Å². The van der Waals surface area contributed by atoms with Crippen LogP contribution in [0.15, 0.2) is 34.9 Å². The van der Waals surface area contributed by atoms with Gasteiger partial charge in [0.1, 0.15) is 0 Å². The van der Waals surface area contributed by atoms with Crippen LogP contribution in [0.25, 0.3) is 0 Å². The van der Waals surface area contributed by atoms with Gasteiger partial charge < -0.3 is 4.74 Å². The zero-order chi connectivity index (χ0) is 23.7. The van der Waals surface area contributed by atoms with E-state index >= 15 is 0 Å². The van der Waals surface area contributed by atoms with Gasteiger partial charge in [-0.1, -0.05) is 125 Å². The molecular formula is C31H58O. The van der Waals surface area contributed by atoms with E-state index in [1.807, 2.05) is 0 Å². The van der Waals surface area contributed by atoms with Crippen molar-refractivity contribution in [3.05, 3.63) is 34.9 Å². The summed E-state index contributed by atoms with van der Waals surface area (Å²) < 4.78 is 5.82. The van der Waals surface area contributed by atoms with E-state index in [1.165, 1.54) is 119 Å². The number of unbranched alkanes of at least 4 members (excludes halogenated alkanes) is 13. The third-order valence-corrected chi connectivity index (χ3v) is 6.31. The van der Waals surface area contributed by atoms with Crippen molar-refractivity contribution < 1.29 is 4.74 Å². The summed E-state index contributed by atoms with van der Waals surface area (Å²) in [4.78, 5) is 0. The average molecular weight is 447 g/mol. The number of allylic oxidation sites excluding steroid dienone is 5. The van der Waals surface area contributed by atoms with Gasteiger partial charge in [0.05, 0.1) is 6.61 Å². The first-order chi connectivity index (χ1) is 15.6. The van der Waals surface area contributed by atoms with Crippen LogP contribution < -0.4 is 0 Å². The Bertz CT molecular complexity index is 479. The predicted octanol–water partition coefficient (Wildman–Crippen LogP) is 10.9. The maximum Gasteiger partial charge on any atom is 0.0649 e. The highest BCUT2D eigenvalue weighted by Gasteiger charge is 1.95. The van der Waals surface area contributed by atoms with E-state index < -0.39 is 0 Å². The molecule has 1 nitrogen and oxygen atoms in total. The van der Waals surface area contributed by atoms with Crippen LogP contribution in [0, 0.1) is 0 Å². The van der Waals surface area contributed by atoms with Crippen LogP contribution in [0.3, 0.4) is 0 Å². The molecule has 0 aliphatic carbocycles. The van der Waals surface area contributed by atoms with E-state index in [-0.39, 0.29) is 0 Å². The Hall–Kier alpha value is -0.820. The fraction of sp³-hybridized carbons (Fsp3) is 0.806. The summed E-state index contributed by atoms with van der Waals surface area (Å²) in [6.45, 7) is 12.9.